The van der Waals surface area contributed by atoms with Crippen LogP contribution in [0.5, 0.6) is 28.7 Å². The molecular weight excluding hydrogens is 1290 g/mol. The summed E-state index contributed by atoms with van der Waals surface area (Å²) in [6, 6.07) is 34.8. The van der Waals surface area contributed by atoms with Crippen LogP contribution in [0.2, 0.25) is 0 Å². The van der Waals surface area contributed by atoms with Gasteiger partial charge >= 0.3 is 11.9 Å². The number of phenols is 5. The summed E-state index contributed by atoms with van der Waals surface area (Å²) in [7, 11) is 3.73. The highest BCUT2D eigenvalue weighted by molar-refractivity contribution is 8.16. The summed E-state index contributed by atoms with van der Waals surface area (Å²) < 4.78 is 0. The summed E-state index contributed by atoms with van der Waals surface area (Å²) in [5.41, 5.74) is 12.3. The fraction of sp³-hybridized carbons (Fsp3) is 0.339. The number of nitrogens with two attached hydrogens (primary N) is 2. The maximum atomic E-state index is 11.6. The monoisotopic (exact) mass is 1360 g/mol. The number of thiazole rings is 1. The van der Waals surface area contributed by atoms with Gasteiger partial charge in [0.2, 0.25) is 5.91 Å². The number of carboxylic acid groups (broad SMARTS) is 2. The van der Waals surface area contributed by atoms with Crippen LogP contribution in [0.4, 0.5) is 0 Å². The fourth-order valence-corrected chi connectivity index (χ4v) is 18.7. The molecule has 10 atom stereocenters. The van der Waals surface area contributed by atoms with Crippen LogP contribution in [-0.4, -0.2) is 200 Å². The number of aliphatic hydroxyl groups is 1. The maximum Gasteiger partial charge on any atom is 0.324 e. The molecule has 12 N–H and O–H groups in total. The number of aliphatic hydroxyl groups excluding tert-OH is 1. The number of hydrogen-bond acceptors (Lipinski definition) is 24. The van der Waals surface area contributed by atoms with Crippen LogP contribution in [0.25, 0.3) is 10.6 Å². The van der Waals surface area contributed by atoms with E-state index < -0.39 is 40.9 Å². The molecule has 21 nitrogen and oxygen atoms in total. The van der Waals surface area contributed by atoms with E-state index in [-0.39, 0.29) is 80.4 Å². The molecule has 12 rings (SSSR count). The largest absolute Gasteiger partial charge is 0.507 e. The van der Waals surface area contributed by atoms with Crippen LogP contribution in [0.15, 0.2) is 147 Å². The van der Waals surface area contributed by atoms with Gasteiger partial charge in [0.1, 0.15) is 76.7 Å². The minimum absolute atomic E-state index is 0.00535. The highest BCUT2D eigenvalue weighted by Gasteiger charge is 2.53. The number of thioether (sulfide) groups is 6. The summed E-state index contributed by atoms with van der Waals surface area (Å²) >= 11 is 10.9. The summed E-state index contributed by atoms with van der Waals surface area (Å²) in [5, 5.41) is 82.6. The predicted octanol–water partition coefficient (Wildman–Crippen LogP) is 8.58. The van der Waals surface area contributed by atoms with Crippen molar-refractivity contribution in [2.24, 2.45) is 31.4 Å². The van der Waals surface area contributed by atoms with E-state index in [4.69, 9.17) is 26.6 Å². The summed E-state index contributed by atoms with van der Waals surface area (Å²) in [5.74, 6) is 0.909. The van der Waals surface area contributed by atoms with Crippen molar-refractivity contribution in [3.8, 4) is 39.3 Å². The van der Waals surface area contributed by atoms with E-state index in [0.717, 1.165) is 37.6 Å². The summed E-state index contributed by atoms with van der Waals surface area (Å²) in [6.07, 6.45) is 0. The average molecular weight is 1360 g/mol. The molecule has 2 saturated heterocycles. The summed E-state index contributed by atoms with van der Waals surface area (Å²) in [6.45, 7) is 7.82. The maximum absolute atomic E-state index is 11.6. The van der Waals surface area contributed by atoms with E-state index in [1.165, 1.54) is 23.1 Å². The topological polar surface area (TPSA) is 351 Å². The first-order chi connectivity index (χ1) is 42.9. The number of aliphatic carboxylic acids is 2. The number of aromatic hydroxyl groups is 5. The van der Waals surface area contributed by atoms with Gasteiger partial charge in [0, 0.05) is 61.1 Å². The number of likely N-dealkylation sites (N-methyl/N-ethyl adjacent to an activating group) is 2. The molecule has 6 aliphatic rings. The number of para-hydroxylation sites is 5. The molecule has 5 aromatic carbocycles. The molecule has 0 radical (unpaired) electrons. The Bertz CT molecular complexity index is 3610. The number of carbonyl (C=O) groups is 4. The average Bonchev–Trinajstić information content (AvgIpc) is 1.67. The quantitative estimate of drug-likeness (QED) is 0.0548. The molecule has 7 heterocycles. The lowest BCUT2D eigenvalue weighted by atomic mass is 10.0. The number of nitrogens with zero attached hydrogens (tertiary/aromatic N) is 7. The van der Waals surface area contributed by atoms with E-state index in [0.29, 0.717) is 38.4 Å². The third-order valence-corrected chi connectivity index (χ3v) is 24.2. The Labute approximate surface area is 550 Å². The first kappa shape index (κ1) is 69.2. The zero-order valence-electron chi connectivity index (χ0n) is 49.6. The van der Waals surface area contributed by atoms with E-state index in [9.17, 15) is 54.9 Å². The number of aromatic nitrogens is 1. The first-order valence-corrected chi connectivity index (χ1v) is 34.7. The normalized spacial score (nSPS) is 25.9. The van der Waals surface area contributed by atoms with Gasteiger partial charge in [-0.3, -0.25) is 48.9 Å². The van der Waals surface area contributed by atoms with Gasteiger partial charge in [-0.1, -0.05) is 74.5 Å². The van der Waals surface area contributed by atoms with E-state index in [1.54, 1.807) is 157 Å². The van der Waals surface area contributed by atoms with Crippen LogP contribution < -0.4 is 11.5 Å². The molecule has 2 amide bonds. The number of hydrogen-bond donors (Lipinski definition) is 10. The number of carboxylic acids is 2. The Hall–Kier alpha value is -6.73. The van der Waals surface area contributed by atoms with Gasteiger partial charge < -0.3 is 52.3 Å². The number of primary amides is 2. The standard InChI is InChI=1S/2C16H20N2O3S2.C10H10N2O2S.C10H8N2O2S.C10H11NO2S/c2*1-9-12(14-18(3)16(2,8-22-14)15(20)21)17-13(23-9)10-6-4-5-7-11(10)19;2*11-9(14)7-5-15-10(12-7)6-3-1-2-4-8(6)13;12-5-7-6-14-10(11-7)8-3-1-2-4-9(8)13/h2*4-7,9,12,14,19H,8H2,1-3H3,(H,20,21);1-4,7,13H,5H2,(H2,11,14);1-5,13H,(H2,11,14);1-4,7,12-13H,5-6H2/t9-,12+,14+,16+;9-,12+,14-,16+;;;7-/m00..1/s1. The van der Waals surface area contributed by atoms with Gasteiger partial charge in [-0.05, 0) is 88.6 Å². The third-order valence-electron chi connectivity index (χ3n) is 15.3. The van der Waals surface area contributed by atoms with Crippen molar-refractivity contribution >= 4 is 126 Å². The SMILES string of the molecule is C[C@@H]1SC(c2ccccc2O)=N[C@H]1[C@@H]1SC[C@](C)(C(=O)O)N1C.C[C@@H]1SC(c2ccccc2O)=N[C@H]1[C@H]1SC[C@](C)(C(=O)O)N1C.NC(=O)C1CSC(c2ccccc2O)=N1.NC(=O)c1csc(-c2ccccc2O)n1.OC[C@@H]1CSC(c2ccccc2O)=N1. The molecule has 476 valence electrons. The van der Waals surface area contributed by atoms with Crippen LogP contribution in [-0.2, 0) is 14.4 Å². The minimum atomic E-state index is -0.854. The molecule has 0 saturated carbocycles. The molecule has 1 unspecified atom stereocenters. The Balaban J connectivity index is 0.000000148. The third kappa shape index (κ3) is 15.9. The van der Waals surface area contributed by atoms with Crippen molar-refractivity contribution in [2.45, 2.75) is 84.2 Å². The van der Waals surface area contributed by atoms with Crippen LogP contribution in [0.3, 0.4) is 0 Å². The van der Waals surface area contributed by atoms with Crippen LogP contribution in [0.1, 0.15) is 60.4 Å². The molecule has 90 heavy (non-hydrogen) atoms. The van der Waals surface area contributed by atoms with Crippen molar-refractivity contribution in [1.29, 1.82) is 0 Å². The van der Waals surface area contributed by atoms with Crippen molar-refractivity contribution < 1.29 is 60.0 Å². The second-order valence-electron chi connectivity index (χ2n) is 21.5. The zero-order chi connectivity index (χ0) is 65.2. The van der Waals surface area contributed by atoms with Crippen molar-refractivity contribution in [3.63, 3.8) is 0 Å². The summed E-state index contributed by atoms with van der Waals surface area (Å²) in [4.78, 5) is 70.9. The number of rotatable bonds is 12. The van der Waals surface area contributed by atoms with Gasteiger partial charge in [-0.15, -0.1) is 81.9 Å². The van der Waals surface area contributed by atoms with Gasteiger partial charge in [0.15, 0.2) is 0 Å². The molecule has 2 fully saturated rings. The molecule has 1 aromatic heterocycles. The second-order valence-corrected chi connectivity index (χ2v) is 29.3. The lowest BCUT2D eigenvalue weighted by molar-refractivity contribution is -0.148. The van der Waals surface area contributed by atoms with E-state index >= 15 is 0 Å². The van der Waals surface area contributed by atoms with Gasteiger partial charge in [0.25, 0.3) is 5.91 Å². The first-order valence-electron chi connectivity index (χ1n) is 28.0. The number of phenolic OH excluding ortho intramolecular Hbond substituents is 5. The molecule has 6 aromatic rings. The number of carbonyl (C=O) groups excluding carboxylic acids is 2. The number of amides is 2. The smallest absolute Gasteiger partial charge is 0.324 e. The molecule has 0 bridgehead atoms. The molecular formula is C62H69N9O12S7. The minimum Gasteiger partial charge on any atom is -0.507 e. The lowest BCUT2D eigenvalue weighted by Gasteiger charge is -2.33. The highest BCUT2D eigenvalue weighted by Crippen LogP contribution is 2.46. The van der Waals surface area contributed by atoms with Crippen molar-refractivity contribution in [1.82, 2.24) is 14.8 Å². The number of aliphatic imine (C=N–C) groups is 4. The Morgan fingerprint density at radius 3 is 1.23 bits per heavy atom. The molecule has 0 aliphatic carbocycles. The van der Waals surface area contributed by atoms with Crippen LogP contribution >= 0.6 is 81.9 Å². The van der Waals surface area contributed by atoms with Gasteiger partial charge in [-0.25, -0.2) is 4.98 Å². The van der Waals surface area contributed by atoms with Gasteiger partial charge in [0.05, 0.1) is 41.0 Å². The Morgan fingerprint density at radius 1 is 0.544 bits per heavy atom. The predicted molar refractivity (Wildman–Crippen MR) is 367 cm³/mol. The van der Waals surface area contributed by atoms with E-state index in [1.807, 2.05) is 66.4 Å². The van der Waals surface area contributed by atoms with Crippen LogP contribution in [0, 0.1) is 0 Å². The van der Waals surface area contributed by atoms with Crippen molar-refractivity contribution in [2.75, 3.05) is 43.7 Å². The highest BCUT2D eigenvalue weighted by atomic mass is 32.2. The van der Waals surface area contributed by atoms with Crippen molar-refractivity contribution in [3.05, 3.63) is 155 Å². The van der Waals surface area contributed by atoms with Gasteiger partial charge in [-0.2, -0.15) is 0 Å². The fourth-order valence-electron chi connectivity index (χ4n) is 9.56. The number of benzene rings is 5. The Morgan fingerprint density at radius 2 is 0.911 bits per heavy atom. The Kier molecular flexibility index (Phi) is 23.5. The molecule has 6 aliphatic heterocycles. The molecule has 0 spiro atoms. The van der Waals surface area contributed by atoms with E-state index in [2.05, 4.69) is 28.8 Å². The molecule has 28 heteroatoms. The zero-order valence-corrected chi connectivity index (χ0v) is 55.3. The lowest BCUT2D eigenvalue weighted by Crippen LogP contribution is -2.52. The second kappa shape index (κ2) is 30.6.